The zero-order valence-corrected chi connectivity index (χ0v) is 16.5. The van der Waals surface area contributed by atoms with Crippen molar-refractivity contribution in [2.24, 2.45) is 5.92 Å². The standard InChI is InChI=1S/C19H19ClN4O2S/c1-2-26-19(25)13-7-9-24(10-8-13)18-17-16(21-11-22-18)15(23-27-17)12-3-5-14(20)6-4-12/h3-6,11,13H,2,7-10H2,1H3. The van der Waals surface area contributed by atoms with Gasteiger partial charge in [0.15, 0.2) is 5.82 Å². The average molecular weight is 403 g/mol. The third-order valence-corrected chi connectivity index (χ3v) is 5.85. The van der Waals surface area contributed by atoms with E-state index in [-0.39, 0.29) is 11.9 Å². The number of piperidine rings is 1. The fraction of sp³-hybridized carbons (Fsp3) is 0.368. The summed E-state index contributed by atoms with van der Waals surface area (Å²) in [6.07, 6.45) is 3.13. The van der Waals surface area contributed by atoms with Crippen LogP contribution in [0.2, 0.25) is 5.02 Å². The number of esters is 1. The second kappa shape index (κ2) is 7.78. The van der Waals surface area contributed by atoms with Gasteiger partial charge in [0.2, 0.25) is 0 Å². The topological polar surface area (TPSA) is 68.2 Å². The lowest BCUT2D eigenvalue weighted by Gasteiger charge is -2.31. The van der Waals surface area contributed by atoms with Crippen molar-refractivity contribution in [2.45, 2.75) is 19.8 Å². The second-order valence-corrected chi connectivity index (χ2v) is 7.64. The first-order chi connectivity index (χ1) is 13.2. The van der Waals surface area contributed by atoms with Gasteiger partial charge in [-0.1, -0.05) is 23.7 Å². The molecule has 1 aromatic carbocycles. The number of carbonyl (C=O) groups is 1. The third-order valence-electron chi connectivity index (χ3n) is 4.77. The van der Waals surface area contributed by atoms with Crippen molar-refractivity contribution in [3.63, 3.8) is 0 Å². The number of nitrogens with zero attached hydrogens (tertiary/aromatic N) is 4. The van der Waals surface area contributed by atoms with E-state index in [1.807, 2.05) is 31.2 Å². The first-order valence-corrected chi connectivity index (χ1v) is 10.1. The van der Waals surface area contributed by atoms with Crippen LogP contribution in [0.3, 0.4) is 0 Å². The van der Waals surface area contributed by atoms with Gasteiger partial charge >= 0.3 is 5.97 Å². The maximum absolute atomic E-state index is 12.0. The molecule has 0 aliphatic carbocycles. The molecule has 0 N–H and O–H groups in total. The summed E-state index contributed by atoms with van der Waals surface area (Å²) in [6.45, 7) is 3.81. The van der Waals surface area contributed by atoms with Crippen LogP contribution in [0.1, 0.15) is 19.8 Å². The van der Waals surface area contributed by atoms with E-state index >= 15 is 0 Å². The summed E-state index contributed by atoms with van der Waals surface area (Å²) in [5.41, 5.74) is 2.67. The molecule has 0 bridgehead atoms. The Morgan fingerprint density at radius 3 is 2.70 bits per heavy atom. The number of hydrogen-bond donors (Lipinski definition) is 0. The molecule has 0 radical (unpaired) electrons. The smallest absolute Gasteiger partial charge is 0.309 e. The molecule has 1 aliphatic heterocycles. The Hall–Kier alpha value is -2.25. The van der Waals surface area contributed by atoms with E-state index in [1.165, 1.54) is 11.5 Å². The van der Waals surface area contributed by atoms with Gasteiger partial charge in [-0.05, 0) is 43.4 Å². The zero-order valence-electron chi connectivity index (χ0n) is 14.9. The monoisotopic (exact) mass is 402 g/mol. The highest BCUT2D eigenvalue weighted by molar-refractivity contribution is 7.14. The van der Waals surface area contributed by atoms with Crippen LogP contribution in [-0.2, 0) is 9.53 Å². The number of benzene rings is 1. The van der Waals surface area contributed by atoms with Gasteiger partial charge in [-0.2, -0.15) is 4.37 Å². The Morgan fingerprint density at radius 2 is 2.00 bits per heavy atom. The summed E-state index contributed by atoms with van der Waals surface area (Å²) in [6, 6.07) is 7.60. The van der Waals surface area contributed by atoms with Gasteiger partial charge in [-0.25, -0.2) is 9.97 Å². The molecule has 0 amide bonds. The van der Waals surface area contributed by atoms with Crippen molar-refractivity contribution in [2.75, 3.05) is 24.6 Å². The fourth-order valence-corrected chi connectivity index (χ4v) is 4.36. The number of anilines is 1. The Morgan fingerprint density at radius 1 is 1.26 bits per heavy atom. The van der Waals surface area contributed by atoms with Crippen molar-refractivity contribution >= 4 is 45.1 Å². The van der Waals surface area contributed by atoms with Crippen molar-refractivity contribution in [1.82, 2.24) is 14.3 Å². The third kappa shape index (κ3) is 3.61. The molecule has 0 atom stereocenters. The Labute approximate surface area is 166 Å². The minimum absolute atomic E-state index is 0.0235. The Bertz CT molecular complexity index is 952. The van der Waals surface area contributed by atoms with E-state index in [0.717, 1.165) is 53.2 Å². The van der Waals surface area contributed by atoms with E-state index in [9.17, 15) is 4.79 Å². The van der Waals surface area contributed by atoms with Gasteiger partial charge in [-0.3, -0.25) is 4.79 Å². The molecule has 0 unspecified atom stereocenters. The molecule has 27 heavy (non-hydrogen) atoms. The van der Waals surface area contributed by atoms with E-state index in [1.54, 1.807) is 6.33 Å². The number of hydrogen-bond acceptors (Lipinski definition) is 7. The predicted octanol–water partition coefficient (Wildman–Crippen LogP) is 4.19. The summed E-state index contributed by atoms with van der Waals surface area (Å²) in [5.74, 6) is 0.775. The molecule has 2 aromatic heterocycles. The van der Waals surface area contributed by atoms with Crippen molar-refractivity contribution in [3.05, 3.63) is 35.6 Å². The van der Waals surface area contributed by atoms with Gasteiger partial charge in [0, 0.05) is 23.7 Å². The minimum Gasteiger partial charge on any atom is -0.466 e. The molecular weight excluding hydrogens is 384 g/mol. The largest absolute Gasteiger partial charge is 0.466 e. The number of carbonyl (C=O) groups excluding carboxylic acids is 1. The first kappa shape index (κ1) is 18.1. The molecule has 4 rings (SSSR count). The number of halogens is 1. The van der Waals surface area contributed by atoms with Gasteiger partial charge < -0.3 is 9.64 Å². The van der Waals surface area contributed by atoms with Crippen LogP contribution < -0.4 is 4.90 Å². The van der Waals surface area contributed by atoms with Crippen LogP contribution in [0.4, 0.5) is 5.82 Å². The van der Waals surface area contributed by atoms with E-state index in [4.69, 9.17) is 16.3 Å². The Kier molecular flexibility index (Phi) is 5.22. The van der Waals surface area contributed by atoms with Gasteiger partial charge in [0.1, 0.15) is 22.2 Å². The molecule has 3 heterocycles. The lowest BCUT2D eigenvalue weighted by molar-refractivity contribution is -0.148. The minimum atomic E-state index is -0.0900. The summed E-state index contributed by atoms with van der Waals surface area (Å²) < 4.78 is 10.7. The SMILES string of the molecule is CCOC(=O)C1CCN(c2ncnc3c(-c4ccc(Cl)cc4)nsc23)CC1. The maximum Gasteiger partial charge on any atom is 0.309 e. The number of aromatic nitrogens is 3. The Balaban J connectivity index is 1.59. The number of ether oxygens (including phenoxy) is 1. The normalized spacial score (nSPS) is 15.3. The van der Waals surface area contributed by atoms with Gasteiger partial charge in [-0.15, -0.1) is 0 Å². The molecule has 0 spiro atoms. The number of rotatable bonds is 4. The van der Waals surface area contributed by atoms with Crippen molar-refractivity contribution in [3.8, 4) is 11.3 Å². The van der Waals surface area contributed by atoms with E-state index < -0.39 is 0 Å². The van der Waals surface area contributed by atoms with Crippen LogP contribution >= 0.6 is 23.1 Å². The van der Waals surface area contributed by atoms with Crippen LogP contribution in [-0.4, -0.2) is 40.0 Å². The zero-order chi connectivity index (χ0) is 18.8. The van der Waals surface area contributed by atoms with Crippen LogP contribution in [0, 0.1) is 5.92 Å². The highest BCUT2D eigenvalue weighted by Gasteiger charge is 2.28. The maximum atomic E-state index is 12.0. The quantitative estimate of drug-likeness (QED) is 0.609. The fourth-order valence-electron chi connectivity index (χ4n) is 3.36. The first-order valence-electron chi connectivity index (χ1n) is 8.95. The van der Waals surface area contributed by atoms with Crippen molar-refractivity contribution in [1.29, 1.82) is 0 Å². The molecule has 1 aliphatic rings. The van der Waals surface area contributed by atoms with E-state index in [2.05, 4.69) is 19.2 Å². The summed E-state index contributed by atoms with van der Waals surface area (Å²) in [7, 11) is 0. The molecule has 3 aromatic rings. The van der Waals surface area contributed by atoms with Crippen LogP contribution in [0.5, 0.6) is 0 Å². The summed E-state index contributed by atoms with van der Waals surface area (Å²) in [4.78, 5) is 23.1. The lowest BCUT2D eigenvalue weighted by atomic mass is 9.97. The average Bonchev–Trinajstić information content (AvgIpc) is 3.13. The summed E-state index contributed by atoms with van der Waals surface area (Å²) >= 11 is 7.40. The van der Waals surface area contributed by atoms with Gasteiger partial charge in [0.25, 0.3) is 0 Å². The molecule has 1 fully saturated rings. The predicted molar refractivity (Wildman–Crippen MR) is 107 cm³/mol. The number of fused-ring (bicyclic) bond motifs is 1. The van der Waals surface area contributed by atoms with Crippen molar-refractivity contribution < 1.29 is 9.53 Å². The lowest BCUT2D eigenvalue weighted by Crippen LogP contribution is -2.37. The van der Waals surface area contributed by atoms with Crippen LogP contribution in [0.25, 0.3) is 21.5 Å². The highest BCUT2D eigenvalue weighted by Crippen LogP contribution is 2.35. The molecule has 1 saturated heterocycles. The van der Waals surface area contributed by atoms with E-state index in [0.29, 0.717) is 11.6 Å². The molecule has 8 heteroatoms. The second-order valence-electron chi connectivity index (χ2n) is 6.43. The molecule has 6 nitrogen and oxygen atoms in total. The highest BCUT2D eigenvalue weighted by atomic mass is 35.5. The molecule has 0 saturated carbocycles. The molecular formula is C19H19ClN4O2S. The molecule has 140 valence electrons. The summed E-state index contributed by atoms with van der Waals surface area (Å²) in [5, 5.41) is 0.693. The van der Waals surface area contributed by atoms with Crippen LogP contribution in [0.15, 0.2) is 30.6 Å². The van der Waals surface area contributed by atoms with Gasteiger partial charge in [0.05, 0.1) is 12.5 Å².